The van der Waals surface area contributed by atoms with Crippen LogP contribution in [-0.2, 0) is 4.74 Å². The molecule has 1 aliphatic rings. The van der Waals surface area contributed by atoms with E-state index in [0.717, 1.165) is 44.9 Å². The van der Waals surface area contributed by atoms with Gasteiger partial charge < -0.3 is 15.0 Å². The summed E-state index contributed by atoms with van der Waals surface area (Å²) in [5.74, 6) is 1.40. The van der Waals surface area contributed by atoms with Crippen LogP contribution in [0.25, 0.3) is 0 Å². The molecule has 0 radical (unpaired) electrons. The van der Waals surface area contributed by atoms with E-state index in [0.29, 0.717) is 11.0 Å². The van der Waals surface area contributed by atoms with Gasteiger partial charge in [0.25, 0.3) is 0 Å². The minimum Gasteiger partial charge on any atom is -0.376 e. The Kier molecular flexibility index (Phi) is 5.22. The Hall–Kier alpha value is -1.07. The van der Waals surface area contributed by atoms with Crippen molar-refractivity contribution in [3.05, 3.63) is 11.2 Å². The number of anilines is 2. The highest BCUT2D eigenvalue weighted by molar-refractivity contribution is 6.32. The molecule has 0 amide bonds. The van der Waals surface area contributed by atoms with E-state index in [-0.39, 0.29) is 6.10 Å². The van der Waals surface area contributed by atoms with Crippen molar-refractivity contribution in [3.8, 4) is 0 Å². The van der Waals surface area contributed by atoms with Crippen molar-refractivity contribution < 1.29 is 4.74 Å². The number of nitrogens with zero attached hydrogens (tertiary/aromatic N) is 3. The van der Waals surface area contributed by atoms with Crippen molar-refractivity contribution in [1.82, 2.24) is 9.97 Å². The van der Waals surface area contributed by atoms with Gasteiger partial charge in [-0.25, -0.2) is 4.98 Å². The quantitative estimate of drug-likeness (QED) is 0.870. The first-order chi connectivity index (χ1) is 9.24. The Labute approximate surface area is 119 Å². The van der Waals surface area contributed by atoms with Gasteiger partial charge in [0.15, 0.2) is 5.82 Å². The van der Waals surface area contributed by atoms with Crippen LogP contribution in [0, 0.1) is 0 Å². The third-order valence-corrected chi connectivity index (χ3v) is 3.46. The summed E-state index contributed by atoms with van der Waals surface area (Å²) in [7, 11) is 0. The predicted octanol–water partition coefficient (Wildman–Crippen LogP) is 2.57. The van der Waals surface area contributed by atoms with E-state index >= 15 is 0 Å². The van der Waals surface area contributed by atoms with Gasteiger partial charge >= 0.3 is 0 Å². The predicted molar refractivity (Wildman–Crippen MR) is 78.1 cm³/mol. The topological polar surface area (TPSA) is 50.3 Å². The molecule has 106 valence electrons. The molecule has 1 aromatic heterocycles. The van der Waals surface area contributed by atoms with Gasteiger partial charge in [0, 0.05) is 26.2 Å². The number of aromatic nitrogens is 2. The Morgan fingerprint density at radius 2 is 2.37 bits per heavy atom. The summed E-state index contributed by atoms with van der Waals surface area (Å²) in [6.45, 7) is 7.45. The van der Waals surface area contributed by atoms with E-state index in [1.807, 2.05) is 6.92 Å². The standard InChI is InChI=1S/C13H21ClN4O/c1-3-15-13-16-8-11(14)12(17-13)18(4-2)9-10-6-5-7-19-10/h8,10H,3-7,9H2,1-2H3,(H,15,16,17). The number of hydrogen-bond donors (Lipinski definition) is 1. The van der Waals surface area contributed by atoms with Crippen LogP contribution in [-0.4, -0.2) is 42.3 Å². The number of ether oxygens (including phenoxy) is 1. The summed E-state index contributed by atoms with van der Waals surface area (Å²) in [6.07, 6.45) is 4.19. The molecule has 6 heteroatoms. The smallest absolute Gasteiger partial charge is 0.224 e. The SMILES string of the molecule is CCNc1ncc(Cl)c(N(CC)CC2CCCO2)n1. The Morgan fingerprint density at radius 3 is 3.00 bits per heavy atom. The van der Waals surface area contributed by atoms with Crippen molar-refractivity contribution in [1.29, 1.82) is 0 Å². The van der Waals surface area contributed by atoms with Crippen LogP contribution in [0.1, 0.15) is 26.7 Å². The Morgan fingerprint density at radius 1 is 1.53 bits per heavy atom. The average molecular weight is 285 g/mol. The second-order valence-electron chi connectivity index (χ2n) is 4.57. The first-order valence-electron chi connectivity index (χ1n) is 6.87. The molecule has 1 N–H and O–H groups in total. The van der Waals surface area contributed by atoms with E-state index in [9.17, 15) is 0 Å². The van der Waals surface area contributed by atoms with Gasteiger partial charge in [0.05, 0.1) is 12.3 Å². The summed E-state index contributed by atoms with van der Waals surface area (Å²) in [4.78, 5) is 10.8. The van der Waals surface area contributed by atoms with E-state index < -0.39 is 0 Å². The lowest BCUT2D eigenvalue weighted by atomic mass is 10.2. The van der Waals surface area contributed by atoms with Gasteiger partial charge in [-0.3, -0.25) is 0 Å². The highest BCUT2D eigenvalue weighted by Gasteiger charge is 2.21. The molecule has 1 aromatic rings. The Balaban J connectivity index is 2.13. The fraction of sp³-hybridized carbons (Fsp3) is 0.692. The first-order valence-corrected chi connectivity index (χ1v) is 7.25. The number of halogens is 1. The molecule has 1 saturated heterocycles. The van der Waals surface area contributed by atoms with Crippen molar-refractivity contribution >= 4 is 23.4 Å². The van der Waals surface area contributed by atoms with Crippen LogP contribution < -0.4 is 10.2 Å². The molecule has 0 aliphatic carbocycles. The number of rotatable bonds is 6. The molecule has 0 bridgehead atoms. The molecule has 0 aromatic carbocycles. The van der Waals surface area contributed by atoms with Crippen LogP contribution >= 0.6 is 11.6 Å². The van der Waals surface area contributed by atoms with E-state index in [4.69, 9.17) is 16.3 Å². The monoisotopic (exact) mass is 284 g/mol. The lowest BCUT2D eigenvalue weighted by Gasteiger charge is -2.25. The molecule has 5 nitrogen and oxygen atoms in total. The van der Waals surface area contributed by atoms with Crippen molar-refractivity contribution in [2.45, 2.75) is 32.8 Å². The largest absolute Gasteiger partial charge is 0.376 e. The fourth-order valence-corrected chi connectivity index (χ4v) is 2.43. The molecule has 0 saturated carbocycles. The van der Waals surface area contributed by atoms with Crippen molar-refractivity contribution in [2.75, 3.05) is 36.5 Å². The molecule has 1 atom stereocenters. The molecule has 1 fully saturated rings. The summed E-state index contributed by atoms with van der Waals surface area (Å²) >= 11 is 6.22. The maximum atomic E-state index is 6.22. The van der Waals surface area contributed by atoms with E-state index in [2.05, 4.69) is 27.1 Å². The molecular formula is C13H21ClN4O. The summed E-state index contributed by atoms with van der Waals surface area (Å²) in [6, 6.07) is 0. The molecule has 0 spiro atoms. The van der Waals surface area contributed by atoms with Gasteiger partial charge in [0.2, 0.25) is 5.95 Å². The maximum Gasteiger partial charge on any atom is 0.224 e. The average Bonchev–Trinajstić information content (AvgIpc) is 2.92. The second-order valence-corrected chi connectivity index (χ2v) is 4.98. The van der Waals surface area contributed by atoms with Gasteiger partial charge in [-0.1, -0.05) is 11.6 Å². The molecule has 2 rings (SSSR count). The first kappa shape index (κ1) is 14.3. The van der Waals surface area contributed by atoms with Gasteiger partial charge in [0.1, 0.15) is 5.02 Å². The minimum absolute atomic E-state index is 0.286. The molecule has 1 aliphatic heterocycles. The third kappa shape index (κ3) is 3.70. The summed E-state index contributed by atoms with van der Waals surface area (Å²) < 4.78 is 5.68. The fourth-order valence-electron chi connectivity index (χ4n) is 2.22. The molecule has 1 unspecified atom stereocenters. The van der Waals surface area contributed by atoms with E-state index in [1.54, 1.807) is 6.20 Å². The molecule has 2 heterocycles. The van der Waals surface area contributed by atoms with Gasteiger partial charge in [-0.2, -0.15) is 4.98 Å². The maximum absolute atomic E-state index is 6.22. The van der Waals surface area contributed by atoms with Crippen LogP contribution in [0.4, 0.5) is 11.8 Å². The van der Waals surface area contributed by atoms with Crippen molar-refractivity contribution in [2.24, 2.45) is 0 Å². The van der Waals surface area contributed by atoms with Crippen molar-refractivity contribution in [3.63, 3.8) is 0 Å². The van der Waals surface area contributed by atoms with Gasteiger partial charge in [-0.05, 0) is 26.7 Å². The normalized spacial score (nSPS) is 18.6. The lowest BCUT2D eigenvalue weighted by molar-refractivity contribution is 0.115. The van der Waals surface area contributed by atoms with Crippen LogP contribution in [0.2, 0.25) is 5.02 Å². The number of hydrogen-bond acceptors (Lipinski definition) is 5. The second kappa shape index (κ2) is 6.91. The van der Waals surface area contributed by atoms with Crippen LogP contribution in [0.15, 0.2) is 6.20 Å². The molecular weight excluding hydrogens is 264 g/mol. The zero-order valence-electron chi connectivity index (χ0n) is 11.5. The highest BCUT2D eigenvalue weighted by Crippen LogP contribution is 2.25. The van der Waals surface area contributed by atoms with Crippen LogP contribution in [0.5, 0.6) is 0 Å². The lowest BCUT2D eigenvalue weighted by Crippen LogP contribution is -2.33. The van der Waals surface area contributed by atoms with Crippen LogP contribution in [0.3, 0.4) is 0 Å². The summed E-state index contributed by atoms with van der Waals surface area (Å²) in [5.41, 5.74) is 0. The molecule has 19 heavy (non-hydrogen) atoms. The third-order valence-electron chi connectivity index (χ3n) is 3.19. The number of likely N-dealkylation sites (N-methyl/N-ethyl adjacent to an activating group) is 1. The van der Waals surface area contributed by atoms with E-state index in [1.165, 1.54) is 0 Å². The Bertz CT molecular complexity index is 410. The van der Waals surface area contributed by atoms with Gasteiger partial charge in [-0.15, -0.1) is 0 Å². The highest BCUT2D eigenvalue weighted by atomic mass is 35.5. The minimum atomic E-state index is 0.286. The number of nitrogens with one attached hydrogen (secondary N) is 1. The summed E-state index contributed by atoms with van der Waals surface area (Å²) in [5, 5.41) is 3.69. The zero-order valence-corrected chi connectivity index (χ0v) is 12.3. The zero-order chi connectivity index (χ0) is 13.7.